The van der Waals surface area contributed by atoms with Gasteiger partial charge in [-0.2, -0.15) is 0 Å². The fourth-order valence-corrected chi connectivity index (χ4v) is 2.48. The van der Waals surface area contributed by atoms with E-state index in [2.05, 4.69) is 5.32 Å². The van der Waals surface area contributed by atoms with E-state index in [0.29, 0.717) is 25.9 Å². The van der Waals surface area contributed by atoms with Gasteiger partial charge in [-0.25, -0.2) is 4.79 Å². The molecule has 7 nitrogen and oxygen atoms in total. The van der Waals surface area contributed by atoms with Gasteiger partial charge in [-0.05, 0) is 19.3 Å². The Morgan fingerprint density at radius 3 is 2.53 bits per heavy atom. The molecular weight excluding hydrogens is 250 g/mol. The average molecular weight is 269 g/mol. The molecule has 0 spiro atoms. The first-order valence-electron chi connectivity index (χ1n) is 6.45. The van der Waals surface area contributed by atoms with E-state index in [-0.39, 0.29) is 24.9 Å². The number of urea groups is 1. The van der Waals surface area contributed by atoms with Crippen LogP contribution in [0.25, 0.3) is 0 Å². The normalized spacial score (nSPS) is 21.8. The maximum Gasteiger partial charge on any atom is 0.318 e. The first-order valence-corrected chi connectivity index (χ1v) is 6.45. The maximum absolute atomic E-state index is 12.1. The van der Waals surface area contributed by atoms with Crippen LogP contribution in [0.15, 0.2) is 0 Å². The van der Waals surface area contributed by atoms with Gasteiger partial charge in [-0.15, -0.1) is 0 Å². The molecule has 0 unspecified atom stereocenters. The largest absolute Gasteiger partial charge is 0.481 e. The molecule has 106 valence electrons. The standard InChI is InChI=1S/C12H19N3O4/c1-14-5-6-15(8-9(14)16)11(19)13-12(3-2-4-12)7-10(17)18/h2-8H2,1H3,(H,13,19)(H,17,18). The van der Waals surface area contributed by atoms with Crippen LogP contribution < -0.4 is 5.32 Å². The van der Waals surface area contributed by atoms with Crippen molar-refractivity contribution in [2.24, 2.45) is 0 Å². The molecule has 0 aromatic heterocycles. The Bertz CT molecular complexity index is 406. The molecule has 19 heavy (non-hydrogen) atoms. The molecular formula is C12H19N3O4. The Hall–Kier alpha value is -1.79. The van der Waals surface area contributed by atoms with Gasteiger partial charge in [-0.3, -0.25) is 9.59 Å². The van der Waals surface area contributed by atoms with Gasteiger partial charge >= 0.3 is 12.0 Å². The number of carboxylic acids is 1. The smallest absolute Gasteiger partial charge is 0.318 e. The molecule has 1 saturated heterocycles. The number of hydrogen-bond acceptors (Lipinski definition) is 3. The van der Waals surface area contributed by atoms with Crippen LogP contribution in [-0.4, -0.2) is 65.0 Å². The van der Waals surface area contributed by atoms with E-state index in [9.17, 15) is 14.4 Å². The molecule has 1 aliphatic heterocycles. The second-order valence-corrected chi connectivity index (χ2v) is 5.37. The van der Waals surface area contributed by atoms with Crippen molar-refractivity contribution in [1.29, 1.82) is 0 Å². The summed E-state index contributed by atoms with van der Waals surface area (Å²) in [6.07, 6.45) is 2.25. The lowest BCUT2D eigenvalue weighted by atomic mass is 9.74. The lowest BCUT2D eigenvalue weighted by molar-refractivity contribution is -0.140. The molecule has 1 heterocycles. The van der Waals surface area contributed by atoms with E-state index in [0.717, 1.165) is 6.42 Å². The van der Waals surface area contributed by atoms with Crippen molar-refractivity contribution in [3.05, 3.63) is 0 Å². The molecule has 1 saturated carbocycles. The van der Waals surface area contributed by atoms with Crippen LogP contribution in [0.2, 0.25) is 0 Å². The van der Waals surface area contributed by atoms with E-state index >= 15 is 0 Å². The molecule has 0 aromatic rings. The van der Waals surface area contributed by atoms with Crippen LogP contribution >= 0.6 is 0 Å². The summed E-state index contributed by atoms with van der Waals surface area (Å²) < 4.78 is 0. The summed E-state index contributed by atoms with van der Waals surface area (Å²) in [7, 11) is 1.70. The van der Waals surface area contributed by atoms with Crippen molar-refractivity contribution < 1.29 is 19.5 Å². The summed E-state index contributed by atoms with van der Waals surface area (Å²) in [5.41, 5.74) is -0.616. The molecule has 3 amide bonds. The second kappa shape index (κ2) is 5.07. The van der Waals surface area contributed by atoms with Gasteiger partial charge in [0, 0.05) is 20.1 Å². The zero-order valence-corrected chi connectivity index (χ0v) is 11.0. The van der Waals surface area contributed by atoms with E-state index in [4.69, 9.17) is 5.11 Å². The average Bonchev–Trinajstić information content (AvgIpc) is 2.29. The van der Waals surface area contributed by atoms with Gasteiger partial charge in [0.2, 0.25) is 5.91 Å². The Morgan fingerprint density at radius 1 is 1.37 bits per heavy atom. The molecule has 7 heteroatoms. The van der Waals surface area contributed by atoms with Crippen molar-refractivity contribution in [3.8, 4) is 0 Å². The van der Waals surface area contributed by atoms with Gasteiger partial charge in [-0.1, -0.05) is 0 Å². The third kappa shape index (κ3) is 2.97. The first kappa shape index (κ1) is 13.6. The summed E-state index contributed by atoms with van der Waals surface area (Å²) in [4.78, 5) is 37.5. The number of likely N-dealkylation sites (N-methyl/N-ethyl adjacent to an activating group) is 1. The van der Waals surface area contributed by atoms with E-state index < -0.39 is 11.5 Å². The van der Waals surface area contributed by atoms with Crippen molar-refractivity contribution in [2.45, 2.75) is 31.2 Å². The Labute approximate surface area is 111 Å². The number of nitrogens with zero attached hydrogens (tertiary/aromatic N) is 2. The maximum atomic E-state index is 12.1. The van der Waals surface area contributed by atoms with Crippen molar-refractivity contribution >= 4 is 17.9 Å². The van der Waals surface area contributed by atoms with Gasteiger partial charge in [0.25, 0.3) is 0 Å². The van der Waals surface area contributed by atoms with Crippen molar-refractivity contribution in [3.63, 3.8) is 0 Å². The van der Waals surface area contributed by atoms with Gasteiger partial charge in [0.05, 0.1) is 12.0 Å². The van der Waals surface area contributed by atoms with E-state index in [1.165, 1.54) is 4.90 Å². The summed E-state index contributed by atoms with van der Waals surface area (Å²) in [5, 5.41) is 11.7. The first-order chi connectivity index (χ1) is 8.92. The lowest BCUT2D eigenvalue weighted by Gasteiger charge is -2.43. The Kier molecular flexibility index (Phi) is 3.64. The van der Waals surface area contributed by atoms with Crippen molar-refractivity contribution in [2.75, 3.05) is 26.7 Å². The van der Waals surface area contributed by atoms with E-state index in [1.807, 2.05) is 0 Å². The fraction of sp³-hybridized carbons (Fsp3) is 0.750. The lowest BCUT2D eigenvalue weighted by Crippen LogP contribution is -2.61. The minimum Gasteiger partial charge on any atom is -0.481 e. The summed E-state index contributed by atoms with van der Waals surface area (Å²) in [6.45, 7) is 1.06. The number of nitrogens with one attached hydrogen (secondary N) is 1. The van der Waals surface area contributed by atoms with Crippen LogP contribution in [-0.2, 0) is 9.59 Å². The number of rotatable bonds is 3. The van der Waals surface area contributed by atoms with Gasteiger partial charge in [0.15, 0.2) is 0 Å². The highest BCUT2D eigenvalue weighted by atomic mass is 16.4. The predicted octanol–water partition coefficient (Wildman–Crippen LogP) is -0.133. The highest BCUT2D eigenvalue weighted by molar-refractivity contribution is 5.85. The molecule has 2 fully saturated rings. The second-order valence-electron chi connectivity index (χ2n) is 5.37. The molecule has 1 aliphatic carbocycles. The molecule has 2 N–H and O–H groups in total. The molecule has 0 atom stereocenters. The monoisotopic (exact) mass is 269 g/mol. The van der Waals surface area contributed by atoms with Crippen LogP contribution in [0.4, 0.5) is 4.79 Å². The van der Waals surface area contributed by atoms with Gasteiger partial charge < -0.3 is 20.2 Å². The molecule has 0 radical (unpaired) electrons. The van der Waals surface area contributed by atoms with Crippen molar-refractivity contribution in [1.82, 2.24) is 15.1 Å². The highest BCUT2D eigenvalue weighted by Gasteiger charge is 2.41. The number of hydrogen-bond donors (Lipinski definition) is 2. The number of carbonyl (C=O) groups is 3. The minimum absolute atomic E-state index is 0.0551. The third-order valence-electron chi connectivity index (χ3n) is 3.92. The summed E-state index contributed by atoms with van der Waals surface area (Å²) in [5.74, 6) is -1.00. The fourth-order valence-electron chi connectivity index (χ4n) is 2.48. The quantitative estimate of drug-likeness (QED) is 0.746. The number of aliphatic carboxylic acids is 1. The predicted molar refractivity (Wildman–Crippen MR) is 66.6 cm³/mol. The topological polar surface area (TPSA) is 89.9 Å². The zero-order valence-electron chi connectivity index (χ0n) is 11.0. The SMILES string of the molecule is CN1CCN(C(=O)NC2(CC(=O)O)CCC2)CC1=O. The van der Waals surface area contributed by atoms with Crippen LogP contribution in [0.3, 0.4) is 0 Å². The minimum atomic E-state index is -0.908. The number of carboxylic acid groups (broad SMARTS) is 1. The summed E-state index contributed by atoms with van der Waals surface area (Å²) >= 11 is 0. The van der Waals surface area contributed by atoms with E-state index in [1.54, 1.807) is 11.9 Å². The molecule has 0 aromatic carbocycles. The number of carbonyl (C=O) groups excluding carboxylic acids is 2. The third-order valence-corrected chi connectivity index (χ3v) is 3.92. The number of piperazine rings is 1. The van der Waals surface area contributed by atoms with Crippen LogP contribution in [0, 0.1) is 0 Å². The Balaban J connectivity index is 1.93. The van der Waals surface area contributed by atoms with Crippen LogP contribution in [0.5, 0.6) is 0 Å². The molecule has 2 rings (SSSR count). The van der Waals surface area contributed by atoms with Crippen LogP contribution in [0.1, 0.15) is 25.7 Å². The zero-order chi connectivity index (χ0) is 14.0. The summed E-state index contributed by atoms with van der Waals surface area (Å²) in [6, 6.07) is -0.331. The van der Waals surface area contributed by atoms with Gasteiger partial charge in [0.1, 0.15) is 6.54 Å². The molecule has 2 aliphatic rings. The molecule has 0 bridgehead atoms. The highest BCUT2D eigenvalue weighted by Crippen LogP contribution is 2.35. The Morgan fingerprint density at radius 2 is 2.05 bits per heavy atom. The number of amides is 3.